The molecule has 0 atom stereocenters. The van der Waals surface area contributed by atoms with E-state index in [1.807, 2.05) is 48.5 Å². The summed E-state index contributed by atoms with van der Waals surface area (Å²) in [6.07, 6.45) is 0. The molecule has 1 N–H and O–H groups in total. The average molecular weight is 392 g/mol. The number of ether oxygens (including phenoxy) is 1. The van der Waals surface area contributed by atoms with Crippen LogP contribution in [0.25, 0.3) is 11.3 Å². The number of hydrogen-bond acceptors (Lipinski definition) is 5. The highest BCUT2D eigenvalue weighted by atomic mass is 35.5. The van der Waals surface area contributed by atoms with Gasteiger partial charge in [0.2, 0.25) is 0 Å². The Balaban J connectivity index is 2.02. The van der Waals surface area contributed by atoms with Crippen molar-refractivity contribution in [3.05, 3.63) is 82.4 Å². The second kappa shape index (κ2) is 9.03. The molecule has 140 valence electrons. The lowest BCUT2D eigenvalue weighted by Crippen LogP contribution is -2.11. The number of nitrogens with zero attached hydrogens (tertiary/aromatic N) is 2. The molecule has 1 aromatic heterocycles. The summed E-state index contributed by atoms with van der Waals surface area (Å²) >= 11 is 6.03. The highest BCUT2D eigenvalue weighted by Crippen LogP contribution is 2.27. The van der Waals surface area contributed by atoms with Crippen LogP contribution in [0.4, 0.5) is 5.82 Å². The molecular formula is C22H18ClN3O2. The summed E-state index contributed by atoms with van der Waals surface area (Å²) in [5, 5.41) is 13.4. The minimum atomic E-state index is -0.508. The number of anilines is 1. The van der Waals surface area contributed by atoms with Crippen LogP contribution < -0.4 is 5.32 Å². The number of pyridine rings is 1. The van der Waals surface area contributed by atoms with Gasteiger partial charge in [-0.15, -0.1) is 0 Å². The number of carbonyl (C=O) groups excluding carboxylic acids is 1. The smallest absolute Gasteiger partial charge is 0.340 e. The molecule has 3 aromatic rings. The summed E-state index contributed by atoms with van der Waals surface area (Å²) < 4.78 is 5.15. The Morgan fingerprint density at radius 1 is 1.18 bits per heavy atom. The predicted molar refractivity (Wildman–Crippen MR) is 109 cm³/mol. The lowest BCUT2D eigenvalue weighted by atomic mass is 10.0. The largest absolute Gasteiger partial charge is 0.462 e. The molecule has 28 heavy (non-hydrogen) atoms. The quantitative estimate of drug-likeness (QED) is 0.594. The van der Waals surface area contributed by atoms with Crippen molar-refractivity contribution in [2.24, 2.45) is 0 Å². The Kier molecular flexibility index (Phi) is 6.25. The van der Waals surface area contributed by atoms with Gasteiger partial charge < -0.3 is 10.1 Å². The Bertz CT molecular complexity index is 1030. The standard InChI is InChI=1S/C22H18ClN3O2/c1-2-28-22(27)19-12-17(13-24)21(25-14-15-7-6-10-18(23)11-15)26-20(19)16-8-4-3-5-9-16/h3-12H,2,14H2,1H3,(H,25,26). The third-order valence-electron chi connectivity index (χ3n) is 4.03. The van der Waals surface area contributed by atoms with E-state index in [4.69, 9.17) is 16.3 Å². The van der Waals surface area contributed by atoms with Crippen molar-refractivity contribution >= 4 is 23.4 Å². The van der Waals surface area contributed by atoms with Crippen LogP contribution in [0.15, 0.2) is 60.7 Å². The van der Waals surface area contributed by atoms with Crippen molar-refractivity contribution in [1.82, 2.24) is 4.98 Å². The third-order valence-corrected chi connectivity index (χ3v) is 4.27. The minimum absolute atomic E-state index is 0.240. The number of benzene rings is 2. The SMILES string of the molecule is CCOC(=O)c1cc(C#N)c(NCc2cccc(Cl)c2)nc1-c1ccccc1. The molecule has 6 heteroatoms. The van der Waals surface area contributed by atoms with E-state index in [1.54, 1.807) is 13.0 Å². The van der Waals surface area contributed by atoms with Crippen molar-refractivity contribution in [2.75, 3.05) is 11.9 Å². The van der Waals surface area contributed by atoms with Crippen molar-refractivity contribution in [3.63, 3.8) is 0 Å². The van der Waals surface area contributed by atoms with Crippen LogP contribution in [0.3, 0.4) is 0 Å². The summed E-state index contributed by atoms with van der Waals surface area (Å²) in [4.78, 5) is 17.0. The van der Waals surface area contributed by atoms with Gasteiger partial charge in [0, 0.05) is 17.1 Å². The van der Waals surface area contributed by atoms with Gasteiger partial charge in [-0.25, -0.2) is 9.78 Å². The second-order valence-electron chi connectivity index (χ2n) is 5.96. The van der Waals surface area contributed by atoms with Crippen LogP contribution in [-0.4, -0.2) is 17.6 Å². The lowest BCUT2D eigenvalue weighted by Gasteiger charge is -2.14. The third kappa shape index (κ3) is 4.48. The van der Waals surface area contributed by atoms with Gasteiger partial charge in [-0.2, -0.15) is 5.26 Å². The number of nitrogens with one attached hydrogen (secondary N) is 1. The number of carbonyl (C=O) groups is 1. The highest BCUT2D eigenvalue weighted by molar-refractivity contribution is 6.30. The van der Waals surface area contributed by atoms with Crippen LogP contribution in [0.1, 0.15) is 28.4 Å². The van der Waals surface area contributed by atoms with Crippen molar-refractivity contribution < 1.29 is 9.53 Å². The summed E-state index contributed by atoms with van der Waals surface area (Å²) in [6, 6.07) is 20.4. The van der Waals surface area contributed by atoms with E-state index in [-0.39, 0.29) is 17.7 Å². The Morgan fingerprint density at radius 2 is 1.96 bits per heavy atom. The lowest BCUT2D eigenvalue weighted by molar-refractivity contribution is 0.0527. The molecule has 0 aliphatic rings. The second-order valence-corrected chi connectivity index (χ2v) is 6.40. The molecule has 3 rings (SSSR count). The number of aromatic nitrogens is 1. The molecule has 2 aromatic carbocycles. The van der Waals surface area contributed by atoms with Crippen molar-refractivity contribution in [3.8, 4) is 17.3 Å². The fourth-order valence-corrected chi connectivity index (χ4v) is 2.96. The van der Waals surface area contributed by atoms with Crippen molar-refractivity contribution in [2.45, 2.75) is 13.5 Å². The average Bonchev–Trinajstić information content (AvgIpc) is 2.72. The number of halogens is 1. The van der Waals surface area contributed by atoms with Gasteiger partial charge in [-0.1, -0.05) is 54.1 Å². The molecule has 0 spiro atoms. The zero-order chi connectivity index (χ0) is 19.9. The molecule has 0 bridgehead atoms. The van der Waals surface area contributed by atoms with Gasteiger partial charge in [-0.05, 0) is 30.7 Å². The highest BCUT2D eigenvalue weighted by Gasteiger charge is 2.19. The summed E-state index contributed by atoms with van der Waals surface area (Å²) in [5.74, 6) is -0.110. The zero-order valence-electron chi connectivity index (χ0n) is 15.3. The van der Waals surface area contributed by atoms with Crippen LogP contribution in [0.2, 0.25) is 5.02 Å². The monoisotopic (exact) mass is 391 g/mol. The fraction of sp³-hybridized carbons (Fsp3) is 0.136. The maximum absolute atomic E-state index is 12.4. The molecule has 0 unspecified atom stereocenters. The van der Waals surface area contributed by atoms with Crippen LogP contribution in [0.5, 0.6) is 0 Å². The first kappa shape index (κ1) is 19.4. The van der Waals surface area contributed by atoms with E-state index >= 15 is 0 Å². The summed E-state index contributed by atoms with van der Waals surface area (Å²) in [5.41, 5.74) is 2.71. The number of rotatable bonds is 6. The minimum Gasteiger partial charge on any atom is -0.462 e. The first-order valence-electron chi connectivity index (χ1n) is 8.78. The zero-order valence-corrected chi connectivity index (χ0v) is 16.0. The Hall–Kier alpha value is -3.36. The molecule has 0 aliphatic carbocycles. The Morgan fingerprint density at radius 3 is 2.64 bits per heavy atom. The number of hydrogen-bond donors (Lipinski definition) is 1. The van der Waals surface area contributed by atoms with E-state index in [0.29, 0.717) is 23.1 Å². The first-order valence-corrected chi connectivity index (χ1v) is 9.16. The van der Waals surface area contributed by atoms with E-state index in [9.17, 15) is 10.1 Å². The van der Waals surface area contributed by atoms with Crippen molar-refractivity contribution in [1.29, 1.82) is 5.26 Å². The van der Waals surface area contributed by atoms with E-state index in [1.165, 1.54) is 6.07 Å². The van der Waals surface area contributed by atoms with E-state index < -0.39 is 5.97 Å². The summed E-state index contributed by atoms with van der Waals surface area (Å²) in [7, 11) is 0. The maximum Gasteiger partial charge on any atom is 0.340 e. The van der Waals surface area contributed by atoms with Gasteiger partial charge in [0.1, 0.15) is 11.9 Å². The molecule has 0 radical (unpaired) electrons. The Labute approximate surface area is 168 Å². The van der Waals surface area contributed by atoms with Gasteiger partial charge >= 0.3 is 5.97 Å². The number of esters is 1. The van der Waals surface area contributed by atoms with Crippen LogP contribution in [0, 0.1) is 11.3 Å². The molecule has 0 fully saturated rings. The fourth-order valence-electron chi connectivity index (χ4n) is 2.75. The molecule has 5 nitrogen and oxygen atoms in total. The van der Waals surface area contributed by atoms with Gasteiger partial charge in [0.15, 0.2) is 0 Å². The normalized spacial score (nSPS) is 10.2. The van der Waals surface area contributed by atoms with E-state index in [0.717, 1.165) is 11.1 Å². The first-order chi connectivity index (χ1) is 13.6. The topological polar surface area (TPSA) is 75.0 Å². The van der Waals surface area contributed by atoms with E-state index in [2.05, 4.69) is 16.4 Å². The molecule has 0 saturated carbocycles. The molecule has 1 heterocycles. The van der Waals surface area contributed by atoms with Gasteiger partial charge in [0.05, 0.1) is 23.4 Å². The predicted octanol–water partition coefficient (Wildman–Crippen LogP) is 5.06. The van der Waals surface area contributed by atoms with Gasteiger partial charge in [0.25, 0.3) is 0 Å². The molecule has 0 amide bonds. The van der Waals surface area contributed by atoms with Crippen LogP contribution in [-0.2, 0) is 11.3 Å². The molecular weight excluding hydrogens is 374 g/mol. The number of nitriles is 1. The van der Waals surface area contributed by atoms with Crippen LogP contribution >= 0.6 is 11.6 Å². The molecule has 0 aliphatic heterocycles. The van der Waals surface area contributed by atoms with Gasteiger partial charge in [-0.3, -0.25) is 0 Å². The summed E-state index contributed by atoms with van der Waals surface area (Å²) in [6.45, 7) is 2.42. The maximum atomic E-state index is 12.4. The molecule has 0 saturated heterocycles.